The molecular formula is C14H14N2O3. The zero-order valence-electron chi connectivity index (χ0n) is 10.5. The van der Waals surface area contributed by atoms with Crippen LogP contribution in [0, 0.1) is 0 Å². The Kier molecular flexibility index (Phi) is 2.81. The monoisotopic (exact) mass is 258 g/mol. The molecule has 0 unspecified atom stereocenters. The molecule has 0 N–H and O–H groups in total. The normalized spacial score (nSPS) is 18.4. The lowest BCUT2D eigenvalue weighted by Gasteiger charge is -2.19. The molecule has 0 radical (unpaired) electrons. The molecule has 0 saturated carbocycles. The summed E-state index contributed by atoms with van der Waals surface area (Å²) < 4.78 is 0. The van der Waals surface area contributed by atoms with Gasteiger partial charge in [-0.25, -0.2) is 0 Å². The number of nitrogens with zero attached hydrogens (tertiary/aromatic N) is 2. The number of hydrogen-bond donors (Lipinski definition) is 0. The van der Waals surface area contributed by atoms with E-state index in [4.69, 9.17) is 0 Å². The fourth-order valence-corrected chi connectivity index (χ4v) is 2.60. The topological polar surface area (TPSA) is 57.7 Å². The number of fused-ring (bicyclic) bond motifs is 1. The molecule has 19 heavy (non-hydrogen) atoms. The Morgan fingerprint density at radius 1 is 0.947 bits per heavy atom. The Hall–Kier alpha value is -2.17. The molecule has 1 aromatic rings. The first-order valence-corrected chi connectivity index (χ1v) is 6.41. The summed E-state index contributed by atoms with van der Waals surface area (Å²) in [5, 5.41) is 0. The van der Waals surface area contributed by atoms with Gasteiger partial charge >= 0.3 is 0 Å². The second-order valence-corrected chi connectivity index (χ2v) is 4.79. The molecule has 1 fully saturated rings. The van der Waals surface area contributed by atoms with Gasteiger partial charge in [0.25, 0.3) is 11.8 Å². The molecule has 98 valence electrons. The van der Waals surface area contributed by atoms with Gasteiger partial charge in [-0.05, 0) is 18.6 Å². The van der Waals surface area contributed by atoms with Crippen molar-refractivity contribution in [1.82, 2.24) is 9.80 Å². The smallest absolute Gasteiger partial charge is 0.261 e. The van der Waals surface area contributed by atoms with Crippen molar-refractivity contribution in [2.24, 2.45) is 0 Å². The summed E-state index contributed by atoms with van der Waals surface area (Å²) in [6.45, 7) is 1.43. The first-order valence-electron chi connectivity index (χ1n) is 6.41. The number of imide groups is 1. The van der Waals surface area contributed by atoms with E-state index in [1.807, 2.05) is 0 Å². The predicted octanol–water partition coefficient (Wildman–Crippen LogP) is 0.905. The largest absolute Gasteiger partial charge is 0.341 e. The van der Waals surface area contributed by atoms with Crippen LogP contribution in [0.15, 0.2) is 24.3 Å². The van der Waals surface area contributed by atoms with Gasteiger partial charge in [-0.3, -0.25) is 19.3 Å². The van der Waals surface area contributed by atoms with E-state index >= 15 is 0 Å². The van der Waals surface area contributed by atoms with Gasteiger partial charge in [-0.1, -0.05) is 12.1 Å². The highest BCUT2D eigenvalue weighted by Crippen LogP contribution is 2.22. The fraction of sp³-hybridized carbons (Fsp3) is 0.357. The van der Waals surface area contributed by atoms with E-state index in [-0.39, 0.29) is 24.3 Å². The first-order chi connectivity index (χ1) is 9.18. The van der Waals surface area contributed by atoms with E-state index in [1.54, 1.807) is 29.2 Å². The first kappa shape index (κ1) is 11.9. The summed E-state index contributed by atoms with van der Waals surface area (Å²) in [6.07, 6.45) is 1.43. The molecule has 3 rings (SSSR count). The molecule has 5 heteroatoms. The Bertz CT molecular complexity index is 533. The summed E-state index contributed by atoms with van der Waals surface area (Å²) in [7, 11) is 0. The van der Waals surface area contributed by atoms with E-state index < -0.39 is 0 Å². The highest BCUT2D eigenvalue weighted by Gasteiger charge is 2.35. The van der Waals surface area contributed by atoms with Crippen LogP contribution in [-0.4, -0.2) is 47.2 Å². The van der Waals surface area contributed by atoms with Crippen LogP contribution in [-0.2, 0) is 4.79 Å². The Balaban J connectivity index is 1.72. The molecular weight excluding hydrogens is 244 g/mol. The molecule has 1 aromatic carbocycles. The van der Waals surface area contributed by atoms with Crippen molar-refractivity contribution in [2.75, 3.05) is 19.6 Å². The summed E-state index contributed by atoms with van der Waals surface area (Å²) in [5.74, 6) is -0.406. The van der Waals surface area contributed by atoms with Gasteiger partial charge in [-0.15, -0.1) is 0 Å². The van der Waals surface area contributed by atoms with Gasteiger partial charge in [0.05, 0.1) is 11.1 Å². The second-order valence-electron chi connectivity index (χ2n) is 4.79. The predicted molar refractivity (Wildman–Crippen MR) is 67.6 cm³/mol. The van der Waals surface area contributed by atoms with Gasteiger partial charge in [0.2, 0.25) is 5.91 Å². The number of amides is 3. The molecule has 2 heterocycles. The van der Waals surface area contributed by atoms with Crippen molar-refractivity contribution < 1.29 is 14.4 Å². The molecule has 2 aliphatic rings. The van der Waals surface area contributed by atoms with E-state index in [1.165, 1.54) is 4.90 Å². The minimum atomic E-state index is -0.257. The zero-order chi connectivity index (χ0) is 13.4. The highest BCUT2D eigenvalue weighted by atomic mass is 16.2. The van der Waals surface area contributed by atoms with Gasteiger partial charge in [0.15, 0.2) is 0 Å². The van der Waals surface area contributed by atoms with Crippen molar-refractivity contribution in [2.45, 2.75) is 12.8 Å². The minimum absolute atomic E-state index is 0.108. The van der Waals surface area contributed by atoms with Crippen LogP contribution < -0.4 is 0 Å². The third kappa shape index (κ3) is 1.91. The number of rotatable bonds is 3. The van der Waals surface area contributed by atoms with E-state index in [0.29, 0.717) is 24.1 Å². The molecule has 1 saturated heterocycles. The summed E-state index contributed by atoms with van der Waals surface area (Å²) in [5.41, 5.74) is 0.917. The molecule has 0 aromatic heterocycles. The molecule has 0 bridgehead atoms. The molecule has 5 nitrogen and oxygen atoms in total. The Morgan fingerprint density at radius 2 is 1.58 bits per heavy atom. The second kappa shape index (κ2) is 4.50. The summed E-state index contributed by atoms with van der Waals surface area (Å²) in [4.78, 5) is 38.6. The third-order valence-electron chi connectivity index (χ3n) is 3.64. The van der Waals surface area contributed by atoms with Gasteiger partial charge in [-0.2, -0.15) is 0 Å². The van der Waals surface area contributed by atoms with Crippen LogP contribution in [0.1, 0.15) is 33.6 Å². The van der Waals surface area contributed by atoms with Crippen molar-refractivity contribution in [3.63, 3.8) is 0 Å². The van der Waals surface area contributed by atoms with E-state index in [2.05, 4.69) is 0 Å². The molecule has 0 spiro atoms. The fourth-order valence-electron chi connectivity index (χ4n) is 2.60. The number of carbonyl (C=O) groups excluding carboxylic acids is 3. The molecule has 2 aliphatic heterocycles. The maximum absolute atomic E-state index is 12.1. The van der Waals surface area contributed by atoms with Crippen LogP contribution in [0.4, 0.5) is 0 Å². The van der Waals surface area contributed by atoms with Crippen LogP contribution in [0.25, 0.3) is 0 Å². The van der Waals surface area contributed by atoms with Crippen LogP contribution in [0.5, 0.6) is 0 Å². The standard InChI is InChI=1S/C14H14N2O3/c17-12-6-3-7-15(12)8-9-16-13(18)10-4-1-2-5-11(10)14(16)19/h1-2,4-5H,3,6-9H2. The van der Waals surface area contributed by atoms with Gasteiger partial charge in [0, 0.05) is 26.1 Å². The van der Waals surface area contributed by atoms with Crippen LogP contribution in [0.3, 0.4) is 0 Å². The van der Waals surface area contributed by atoms with E-state index in [9.17, 15) is 14.4 Å². The van der Waals surface area contributed by atoms with Crippen molar-refractivity contribution >= 4 is 17.7 Å². The molecule has 3 amide bonds. The lowest BCUT2D eigenvalue weighted by atomic mass is 10.1. The summed E-state index contributed by atoms with van der Waals surface area (Å²) >= 11 is 0. The molecule has 0 aliphatic carbocycles. The summed E-state index contributed by atoms with van der Waals surface area (Å²) in [6, 6.07) is 6.82. The molecule has 0 atom stereocenters. The minimum Gasteiger partial charge on any atom is -0.341 e. The van der Waals surface area contributed by atoms with Crippen molar-refractivity contribution in [3.8, 4) is 0 Å². The van der Waals surface area contributed by atoms with Crippen LogP contribution >= 0.6 is 0 Å². The average molecular weight is 258 g/mol. The van der Waals surface area contributed by atoms with E-state index in [0.717, 1.165) is 13.0 Å². The highest BCUT2D eigenvalue weighted by molar-refractivity contribution is 6.21. The number of likely N-dealkylation sites (tertiary alicyclic amines) is 1. The Labute approximate surface area is 110 Å². The van der Waals surface area contributed by atoms with Crippen molar-refractivity contribution in [1.29, 1.82) is 0 Å². The average Bonchev–Trinajstić information content (AvgIpc) is 2.93. The quantitative estimate of drug-likeness (QED) is 0.757. The number of benzene rings is 1. The number of hydrogen-bond acceptors (Lipinski definition) is 3. The van der Waals surface area contributed by atoms with Crippen LogP contribution in [0.2, 0.25) is 0 Å². The Morgan fingerprint density at radius 3 is 2.11 bits per heavy atom. The van der Waals surface area contributed by atoms with Crippen molar-refractivity contribution in [3.05, 3.63) is 35.4 Å². The zero-order valence-corrected chi connectivity index (χ0v) is 10.5. The maximum atomic E-state index is 12.1. The third-order valence-corrected chi connectivity index (χ3v) is 3.64. The van der Waals surface area contributed by atoms with Gasteiger partial charge in [0.1, 0.15) is 0 Å². The SMILES string of the molecule is O=C1CCCN1CCN1C(=O)c2ccccc2C1=O. The van der Waals surface area contributed by atoms with Gasteiger partial charge < -0.3 is 4.90 Å². The maximum Gasteiger partial charge on any atom is 0.261 e. The number of carbonyl (C=O) groups is 3. The lowest BCUT2D eigenvalue weighted by Crippen LogP contribution is -2.38. The lowest BCUT2D eigenvalue weighted by molar-refractivity contribution is -0.127.